The van der Waals surface area contributed by atoms with Crippen molar-refractivity contribution in [2.45, 2.75) is 6.29 Å². The molecule has 0 unspecified atom stereocenters. The Morgan fingerprint density at radius 3 is 2.53 bits per heavy atom. The number of nitriles is 1. The summed E-state index contributed by atoms with van der Waals surface area (Å²) in [5.41, 5.74) is 1.75. The van der Waals surface area contributed by atoms with Crippen molar-refractivity contribution in [1.29, 1.82) is 5.26 Å². The van der Waals surface area contributed by atoms with Gasteiger partial charge >= 0.3 is 0 Å². The van der Waals surface area contributed by atoms with Crippen molar-refractivity contribution in [2.75, 3.05) is 13.2 Å². The molecule has 1 aliphatic rings. The average molecular weight is 336 g/mol. The third-order valence-corrected chi connectivity index (χ3v) is 4.93. The molecule has 0 aliphatic carbocycles. The predicted molar refractivity (Wildman–Crippen MR) is 76.8 cm³/mol. The molecule has 0 bridgehead atoms. The monoisotopic (exact) mass is 335 g/mol. The summed E-state index contributed by atoms with van der Waals surface area (Å²) < 4.78 is 12.0. The minimum atomic E-state index is -0.242. The molecule has 2 heterocycles. The van der Waals surface area contributed by atoms with Gasteiger partial charge in [0.05, 0.1) is 29.7 Å². The van der Waals surface area contributed by atoms with Crippen LogP contribution in [-0.2, 0) is 9.47 Å². The molecule has 0 radical (unpaired) electrons. The van der Waals surface area contributed by atoms with Gasteiger partial charge in [-0.15, -0.1) is 11.3 Å². The number of halogens is 1. The number of thiophene rings is 1. The van der Waals surface area contributed by atoms with E-state index in [0.717, 1.165) is 19.8 Å². The molecular weight excluding hydrogens is 326 g/mol. The van der Waals surface area contributed by atoms with Crippen LogP contribution in [0.5, 0.6) is 0 Å². The number of hydrogen-bond donors (Lipinski definition) is 0. The normalized spacial score (nSPS) is 15.6. The van der Waals surface area contributed by atoms with Crippen molar-refractivity contribution in [3.63, 3.8) is 0 Å². The molecule has 1 saturated heterocycles. The highest BCUT2D eigenvalue weighted by molar-refractivity contribution is 9.10. The van der Waals surface area contributed by atoms with Crippen molar-refractivity contribution < 1.29 is 9.47 Å². The standard InChI is InChI=1S/C14H10BrNO2S/c15-11-7-12(14-17-5-6-18-14)19-13(11)10-3-1-9(8-16)2-4-10/h1-4,7,14H,5-6H2. The highest BCUT2D eigenvalue weighted by atomic mass is 79.9. The molecule has 0 N–H and O–H groups in total. The van der Waals surface area contributed by atoms with Crippen molar-refractivity contribution in [1.82, 2.24) is 0 Å². The summed E-state index contributed by atoms with van der Waals surface area (Å²) >= 11 is 5.21. The van der Waals surface area contributed by atoms with Crippen LogP contribution in [0.4, 0.5) is 0 Å². The van der Waals surface area contributed by atoms with E-state index in [9.17, 15) is 0 Å². The quantitative estimate of drug-likeness (QED) is 0.829. The van der Waals surface area contributed by atoms with Crippen molar-refractivity contribution in [3.8, 4) is 16.5 Å². The van der Waals surface area contributed by atoms with Crippen LogP contribution < -0.4 is 0 Å². The van der Waals surface area contributed by atoms with E-state index < -0.39 is 0 Å². The maximum Gasteiger partial charge on any atom is 0.193 e. The van der Waals surface area contributed by atoms with Crippen LogP contribution in [0.3, 0.4) is 0 Å². The molecule has 5 heteroatoms. The topological polar surface area (TPSA) is 42.2 Å². The first-order chi connectivity index (χ1) is 9.28. The van der Waals surface area contributed by atoms with Crippen LogP contribution in [0, 0.1) is 11.3 Å². The second-order valence-corrected chi connectivity index (χ2v) is 6.03. The maximum atomic E-state index is 8.81. The van der Waals surface area contributed by atoms with Crippen molar-refractivity contribution in [3.05, 3.63) is 45.2 Å². The lowest BCUT2D eigenvalue weighted by Crippen LogP contribution is -1.93. The molecule has 1 fully saturated rings. The van der Waals surface area contributed by atoms with E-state index in [2.05, 4.69) is 22.0 Å². The van der Waals surface area contributed by atoms with Crippen LogP contribution in [0.1, 0.15) is 16.7 Å². The number of benzene rings is 1. The van der Waals surface area contributed by atoms with Gasteiger partial charge in [-0.1, -0.05) is 12.1 Å². The summed E-state index contributed by atoms with van der Waals surface area (Å²) in [5, 5.41) is 8.81. The molecule has 2 aromatic rings. The van der Waals surface area contributed by atoms with Gasteiger partial charge in [0, 0.05) is 9.35 Å². The van der Waals surface area contributed by atoms with Gasteiger partial charge in [0.1, 0.15) is 0 Å². The lowest BCUT2D eigenvalue weighted by Gasteiger charge is -2.04. The summed E-state index contributed by atoms with van der Waals surface area (Å²) in [7, 11) is 0. The van der Waals surface area contributed by atoms with Gasteiger partial charge in [0.15, 0.2) is 6.29 Å². The van der Waals surface area contributed by atoms with Crippen LogP contribution in [0.15, 0.2) is 34.8 Å². The maximum absolute atomic E-state index is 8.81. The van der Waals surface area contributed by atoms with E-state index in [0.29, 0.717) is 18.8 Å². The fourth-order valence-electron chi connectivity index (χ4n) is 1.92. The Morgan fingerprint density at radius 2 is 1.89 bits per heavy atom. The van der Waals surface area contributed by atoms with E-state index in [1.807, 2.05) is 30.3 Å². The largest absolute Gasteiger partial charge is 0.345 e. The molecular formula is C14H10BrNO2S. The Balaban J connectivity index is 1.93. The lowest BCUT2D eigenvalue weighted by molar-refractivity contribution is -0.0413. The van der Waals surface area contributed by atoms with Gasteiger partial charge in [0.2, 0.25) is 0 Å². The Bertz CT molecular complexity index is 624. The fourth-order valence-corrected chi connectivity index (χ4v) is 3.84. The van der Waals surface area contributed by atoms with E-state index in [1.165, 1.54) is 0 Å². The number of rotatable bonds is 2. The predicted octanol–water partition coefficient (Wildman–Crippen LogP) is 4.09. The number of hydrogen-bond acceptors (Lipinski definition) is 4. The van der Waals surface area contributed by atoms with Gasteiger partial charge in [0.25, 0.3) is 0 Å². The van der Waals surface area contributed by atoms with Crippen LogP contribution in [-0.4, -0.2) is 13.2 Å². The van der Waals surface area contributed by atoms with E-state index >= 15 is 0 Å². The molecule has 0 amide bonds. The molecule has 1 aromatic carbocycles. The zero-order valence-electron chi connectivity index (χ0n) is 9.93. The van der Waals surface area contributed by atoms with Gasteiger partial charge in [-0.25, -0.2) is 0 Å². The average Bonchev–Trinajstić information content (AvgIpc) is 3.08. The first-order valence-corrected chi connectivity index (χ1v) is 7.42. The van der Waals surface area contributed by atoms with E-state index in [-0.39, 0.29) is 6.29 Å². The number of ether oxygens (including phenoxy) is 2. The summed E-state index contributed by atoms with van der Waals surface area (Å²) in [4.78, 5) is 2.18. The second kappa shape index (κ2) is 5.43. The zero-order valence-corrected chi connectivity index (χ0v) is 12.3. The SMILES string of the molecule is N#Cc1ccc(-c2sc(C3OCCO3)cc2Br)cc1. The molecule has 3 nitrogen and oxygen atoms in total. The Labute approximate surface area is 123 Å². The first kappa shape index (κ1) is 12.8. The highest BCUT2D eigenvalue weighted by Crippen LogP contribution is 2.40. The first-order valence-electron chi connectivity index (χ1n) is 5.81. The molecule has 0 atom stereocenters. The molecule has 1 aliphatic heterocycles. The molecule has 0 saturated carbocycles. The van der Waals surface area contributed by atoms with Crippen LogP contribution in [0.2, 0.25) is 0 Å². The van der Waals surface area contributed by atoms with Crippen molar-refractivity contribution in [2.24, 2.45) is 0 Å². The molecule has 1 aromatic heterocycles. The van der Waals surface area contributed by atoms with Crippen molar-refractivity contribution >= 4 is 27.3 Å². The summed E-state index contributed by atoms with van der Waals surface area (Å²) in [5.74, 6) is 0. The fraction of sp³-hybridized carbons (Fsp3) is 0.214. The zero-order chi connectivity index (χ0) is 13.2. The van der Waals surface area contributed by atoms with Gasteiger partial charge < -0.3 is 9.47 Å². The van der Waals surface area contributed by atoms with Crippen LogP contribution in [0.25, 0.3) is 10.4 Å². The van der Waals surface area contributed by atoms with Gasteiger partial charge in [-0.2, -0.15) is 5.26 Å². The van der Waals surface area contributed by atoms with E-state index in [4.69, 9.17) is 14.7 Å². The third-order valence-electron chi connectivity index (χ3n) is 2.84. The lowest BCUT2D eigenvalue weighted by atomic mass is 10.1. The summed E-state index contributed by atoms with van der Waals surface area (Å²) in [6.45, 7) is 1.29. The highest BCUT2D eigenvalue weighted by Gasteiger charge is 2.22. The molecule has 96 valence electrons. The third kappa shape index (κ3) is 2.58. The van der Waals surface area contributed by atoms with Crippen LogP contribution >= 0.6 is 27.3 Å². The van der Waals surface area contributed by atoms with Gasteiger partial charge in [-0.05, 0) is 39.7 Å². The molecule has 19 heavy (non-hydrogen) atoms. The summed E-state index contributed by atoms with van der Waals surface area (Å²) in [6.07, 6.45) is -0.242. The minimum absolute atomic E-state index is 0.242. The Hall–Kier alpha value is -1.19. The molecule has 3 rings (SSSR count). The second-order valence-electron chi connectivity index (χ2n) is 4.09. The summed E-state index contributed by atoms with van der Waals surface area (Å²) in [6, 6.07) is 11.7. The minimum Gasteiger partial charge on any atom is -0.345 e. The van der Waals surface area contributed by atoms with E-state index in [1.54, 1.807) is 11.3 Å². The Kier molecular flexibility index (Phi) is 3.67. The number of nitrogens with zero attached hydrogens (tertiary/aromatic N) is 1. The Morgan fingerprint density at radius 1 is 1.21 bits per heavy atom. The van der Waals surface area contributed by atoms with Gasteiger partial charge in [-0.3, -0.25) is 0 Å². The molecule has 0 spiro atoms. The smallest absolute Gasteiger partial charge is 0.193 e.